The molecule has 0 saturated heterocycles. The number of hydrogen-bond acceptors (Lipinski definition) is 3. The highest BCUT2D eigenvalue weighted by molar-refractivity contribution is 6.18. The Morgan fingerprint density at radius 1 is 1.25 bits per heavy atom. The van der Waals surface area contributed by atoms with E-state index in [4.69, 9.17) is 0 Å². The summed E-state index contributed by atoms with van der Waals surface area (Å²) in [6, 6.07) is 0. The zero-order valence-corrected chi connectivity index (χ0v) is 9.59. The van der Waals surface area contributed by atoms with Crippen molar-refractivity contribution in [1.29, 1.82) is 0 Å². The summed E-state index contributed by atoms with van der Waals surface area (Å²) in [4.78, 5) is 35.4. The second-order valence-electron chi connectivity index (χ2n) is 3.73. The quantitative estimate of drug-likeness (QED) is 0.553. The molecule has 1 aliphatic heterocycles. The Kier molecular flexibility index (Phi) is 3.27. The van der Waals surface area contributed by atoms with Gasteiger partial charge >= 0.3 is 0 Å². The first-order valence-electron chi connectivity index (χ1n) is 4.83. The van der Waals surface area contributed by atoms with Gasteiger partial charge in [-0.25, -0.2) is 0 Å². The van der Waals surface area contributed by atoms with Gasteiger partial charge in [0.1, 0.15) is 6.67 Å². The van der Waals surface area contributed by atoms with E-state index in [9.17, 15) is 14.4 Å². The van der Waals surface area contributed by atoms with Crippen LogP contribution in [0.3, 0.4) is 0 Å². The molecule has 1 N–H and O–H groups in total. The second-order valence-corrected chi connectivity index (χ2v) is 3.73. The largest absolute Gasteiger partial charge is 0.334 e. The van der Waals surface area contributed by atoms with Crippen LogP contribution in [0.4, 0.5) is 0 Å². The Bertz CT molecular complexity index is 397. The number of amides is 3. The van der Waals surface area contributed by atoms with Crippen molar-refractivity contribution in [2.24, 2.45) is 0 Å². The molecule has 0 aliphatic carbocycles. The highest BCUT2D eigenvalue weighted by Crippen LogP contribution is 2.18. The lowest BCUT2D eigenvalue weighted by Gasteiger charge is -2.15. The standard InChI is InChI=1S/C11H14N2O3/c1-6(2)9(14)12-5-13-10(15)7(3)8(4)11(13)16/h1,5H2,2-4H3,(H,12,14). The van der Waals surface area contributed by atoms with Gasteiger partial charge in [-0.3, -0.25) is 19.3 Å². The predicted octanol–water partition coefficient (Wildman–Crippen LogP) is 0.341. The van der Waals surface area contributed by atoms with E-state index in [2.05, 4.69) is 11.9 Å². The molecule has 1 heterocycles. The number of imide groups is 1. The van der Waals surface area contributed by atoms with Gasteiger partial charge in [0.2, 0.25) is 5.91 Å². The summed E-state index contributed by atoms with van der Waals surface area (Å²) < 4.78 is 0. The van der Waals surface area contributed by atoms with Crippen molar-refractivity contribution >= 4 is 17.7 Å². The van der Waals surface area contributed by atoms with Gasteiger partial charge in [-0.05, 0) is 20.8 Å². The van der Waals surface area contributed by atoms with E-state index in [1.165, 1.54) is 0 Å². The molecule has 5 nitrogen and oxygen atoms in total. The van der Waals surface area contributed by atoms with Crippen molar-refractivity contribution in [2.45, 2.75) is 20.8 Å². The van der Waals surface area contributed by atoms with Gasteiger partial charge in [0.15, 0.2) is 0 Å². The maximum atomic E-state index is 11.6. The monoisotopic (exact) mass is 222 g/mol. The SMILES string of the molecule is C=C(C)C(=O)NCN1C(=O)C(C)=C(C)C1=O. The Hall–Kier alpha value is -1.91. The summed E-state index contributed by atoms with van der Waals surface area (Å²) in [7, 11) is 0. The number of rotatable bonds is 3. The topological polar surface area (TPSA) is 66.5 Å². The molecular weight excluding hydrogens is 208 g/mol. The van der Waals surface area contributed by atoms with Crippen LogP contribution in [0.5, 0.6) is 0 Å². The molecule has 0 atom stereocenters. The first kappa shape index (κ1) is 12.2. The fourth-order valence-corrected chi connectivity index (χ4v) is 1.26. The third kappa shape index (κ3) is 2.03. The fraction of sp³-hybridized carbons (Fsp3) is 0.364. The van der Waals surface area contributed by atoms with E-state index in [1.807, 2.05) is 0 Å². The molecule has 16 heavy (non-hydrogen) atoms. The van der Waals surface area contributed by atoms with E-state index < -0.39 is 0 Å². The molecule has 0 unspecified atom stereocenters. The van der Waals surface area contributed by atoms with E-state index in [0.29, 0.717) is 16.7 Å². The Morgan fingerprint density at radius 3 is 2.06 bits per heavy atom. The predicted molar refractivity (Wildman–Crippen MR) is 58.1 cm³/mol. The van der Waals surface area contributed by atoms with Gasteiger partial charge in [-0.1, -0.05) is 6.58 Å². The van der Waals surface area contributed by atoms with Crippen molar-refractivity contribution in [3.63, 3.8) is 0 Å². The molecule has 3 amide bonds. The molecule has 1 rings (SSSR count). The fourth-order valence-electron chi connectivity index (χ4n) is 1.26. The van der Waals surface area contributed by atoms with Crippen molar-refractivity contribution < 1.29 is 14.4 Å². The number of nitrogens with zero attached hydrogens (tertiary/aromatic N) is 1. The molecule has 5 heteroatoms. The molecule has 1 aliphatic rings. The molecule has 0 spiro atoms. The molecule has 0 aromatic heterocycles. The van der Waals surface area contributed by atoms with Gasteiger partial charge in [0, 0.05) is 16.7 Å². The van der Waals surface area contributed by atoms with Crippen LogP contribution in [0, 0.1) is 0 Å². The number of carbonyl (C=O) groups is 3. The minimum Gasteiger partial charge on any atom is -0.334 e. The molecule has 0 saturated carbocycles. The normalized spacial score (nSPS) is 15.8. The molecule has 0 aromatic rings. The van der Waals surface area contributed by atoms with Crippen molar-refractivity contribution in [1.82, 2.24) is 10.2 Å². The summed E-state index contributed by atoms with van der Waals surface area (Å²) in [6.45, 7) is 8.08. The molecular formula is C11H14N2O3. The van der Waals surface area contributed by atoms with Crippen molar-refractivity contribution in [3.05, 3.63) is 23.3 Å². The average molecular weight is 222 g/mol. The van der Waals surface area contributed by atoms with Crippen LogP contribution < -0.4 is 5.32 Å². The highest BCUT2D eigenvalue weighted by atomic mass is 16.2. The minimum absolute atomic E-state index is 0.113. The summed E-state index contributed by atoms with van der Waals surface area (Å²) in [5, 5.41) is 2.45. The maximum Gasteiger partial charge on any atom is 0.258 e. The van der Waals surface area contributed by atoms with Gasteiger partial charge < -0.3 is 5.32 Å². The third-order valence-corrected chi connectivity index (χ3v) is 2.48. The van der Waals surface area contributed by atoms with Gasteiger partial charge in [0.05, 0.1) is 0 Å². The second kappa shape index (κ2) is 4.30. The Balaban J connectivity index is 2.66. The average Bonchev–Trinajstić information content (AvgIpc) is 2.41. The highest BCUT2D eigenvalue weighted by Gasteiger charge is 2.33. The van der Waals surface area contributed by atoms with Gasteiger partial charge in [-0.15, -0.1) is 0 Å². The number of carbonyl (C=O) groups excluding carboxylic acids is 3. The number of hydrogen-bond donors (Lipinski definition) is 1. The Morgan fingerprint density at radius 2 is 1.69 bits per heavy atom. The number of nitrogens with one attached hydrogen (secondary N) is 1. The summed E-state index contributed by atoms with van der Waals surface area (Å²) >= 11 is 0. The first-order chi connectivity index (χ1) is 7.36. The van der Waals surface area contributed by atoms with E-state index in [-0.39, 0.29) is 24.4 Å². The molecule has 0 bridgehead atoms. The van der Waals surface area contributed by atoms with Crippen LogP contribution in [-0.2, 0) is 14.4 Å². The Labute approximate surface area is 93.8 Å². The first-order valence-corrected chi connectivity index (χ1v) is 4.83. The van der Waals surface area contributed by atoms with E-state index >= 15 is 0 Å². The summed E-state index contributed by atoms with van der Waals surface area (Å²) in [5.41, 5.74) is 1.18. The third-order valence-electron chi connectivity index (χ3n) is 2.48. The van der Waals surface area contributed by atoms with Gasteiger partial charge in [0.25, 0.3) is 11.8 Å². The van der Waals surface area contributed by atoms with Crippen LogP contribution in [0.2, 0.25) is 0 Å². The van der Waals surface area contributed by atoms with E-state index in [1.54, 1.807) is 20.8 Å². The van der Waals surface area contributed by atoms with Gasteiger partial charge in [-0.2, -0.15) is 0 Å². The molecule has 0 radical (unpaired) electrons. The molecule has 0 fully saturated rings. The van der Waals surface area contributed by atoms with Crippen LogP contribution in [-0.4, -0.2) is 29.3 Å². The maximum absolute atomic E-state index is 11.6. The summed E-state index contributed by atoms with van der Waals surface area (Å²) in [6.07, 6.45) is 0. The smallest absolute Gasteiger partial charge is 0.258 e. The molecule has 0 aromatic carbocycles. The lowest BCUT2D eigenvalue weighted by Crippen LogP contribution is -2.42. The zero-order chi connectivity index (χ0) is 12.5. The van der Waals surface area contributed by atoms with E-state index in [0.717, 1.165) is 4.90 Å². The van der Waals surface area contributed by atoms with Crippen LogP contribution in [0.15, 0.2) is 23.3 Å². The van der Waals surface area contributed by atoms with Crippen LogP contribution in [0.25, 0.3) is 0 Å². The lowest BCUT2D eigenvalue weighted by atomic mass is 10.2. The lowest BCUT2D eigenvalue weighted by molar-refractivity contribution is -0.138. The van der Waals surface area contributed by atoms with Crippen molar-refractivity contribution in [2.75, 3.05) is 6.67 Å². The zero-order valence-electron chi connectivity index (χ0n) is 9.59. The van der Waals surface area contributed by atoms with Crippen LogP contribution in [0.1, 0.15) is 20.8 Å². The summed E-state index contributed by atoms with van der Waals surface area (Å²) in [5.74, 6) is -1.09. The van der Waals surface area contributed by atoms with Crippen LogP contribution >= 0.6 is 0 Å². The van der Waals surface area contributed by atoms with Crippen molar-refractivity contribution in [3.8, 4) is 0 Å². The minimum atomic E-state index is -0.372. The molecule has 86 valence electrons.